The van der Waals surface area contributed by atoms with E-state index in [0.29, 0.717) is 32.0 Å². The summed E-state index contributed by atoms with van der Waals surface area (Å²) >= 11 is 0. The molecule has 0 aliphatic rings. The lowest BCUT2D eigenvalue weighted by Crippen LogP contribution is -2.40. The lowest BCUT2D eigenvalue weighted by molar-refractivity contribution is 0.304. The van der Waals surface area contributed by atoms with E-state index >= 15 is 0 Å². The van der Waals surface area contributed by atoms with Gasteiger partial charge in [0.2, 0.25) is 0 Å². The van der Waals surface area contributed by atoms with Gasteiger partial charge in [-0.25, -0.2) is 17.2 Å². The molecule has 28 heavy (non-hydrogen) atoms. The molecule has 0 radical (unpaired) electrons. The number of nitrogens with one attached hydrogen (secondary N) is 2. The van der Waals surface area contributed by atoms with E-state index in [9.17, 15) is 17.2 Å². The number of halogens is 3. The number of aliphatic imine (C=N–C) groups is 1. The van der Waals surface area contributed by atoms with E-state index < -0.39 is 21.5 Å². The monoisotopic (exact) mass is 533 g/mol. The number of nitrogens with zero attached hydrogens (tertiary/aromatic N) is 1. The van der Waals surface area contributed by atoms with E-state index in [4.69, 9.17) is 4.74 Å². The number of rotatable bonds is 10. The number of ether oxygens (including phenoxy) is 1. The Balaban J connectivity index is 0.00000729. The maximum atomic E-state index is 13.5. The molecule has 0 bridgehead atoms. The van der Waals surface area contributed by atoms with Crippen LogP contribution in [0.25, 0.3) is 0 Å². The van der Waals surface area contributed by atoms with Crippen molar-refractivity contribution in [3.05, 3.63) is 29.8 Å². The largest absolute Gasteiger partial charge is 0.489 e. The van der Waals surface area contributed by atoms with Crippen molar-refractivity contribution in [1.29, 1.82) is 0 Å². The summed E-state index contributed by atoms with van der Waals surface area (Å²) in [7, 11) is -3.01. The molecule has 0 unspecified atom stereocenters. The first-order valence-corrected chi connectivity index (χ1v) is 10.9. The average Bonchev–Trinajstić information content (AvgIpc) is 2.56. The van der Waals surface area contributed by atoms with E-state index in [1.807, 2.05) is 20.8 Å². The first-order chi connectivity index (χ1) is 12.5. The quantitative estimate of drug-likeness (QED) is 0.209. The van der Waals surface area contributed by atoms with Crippen LogP contribution in [0.5, 0.6) is 5.75 Å². The van der Waals surface area contributed by atoms with Gasteiger partial charge in [-0.3, -0.25) is 4.99 Å². The van der Waals surface area contributed by atoms with Gasteiger partial charge in [0.05, 0.1) is 12.3 Å². The maximum absolute atomic E-state index is 13.5. The third-order valence-corrected chi connectivity index (χ3v) is 4.65. The van der Waals surface area contributed by atoms with Crippen molar-refractivity contribution in [2.75, 3.05) is 38.2 Å². The van der Waals surface area contributed by atoms with E-state index in [1.165, 1.54) is 12.3 Å². The minimum absolute atomic E-state index is 0. The maximum Gasteiger partial charge on any atom is 0.191 e. The van der Waals surface area contributed by atoms with Crippen molar-refractivity contribution in [3.8, 4) is 5.75 Å². The Kier molecular flexibility index (Phi) is 11.9. The molecule has 1 rings (SSSR count). The van der Waals surface area contributed by atoms with Crippen LogP contribution in [0.15, 0.2) is 23.2 Å². The average molecular weight is 533 g/mol. The Morgan fingerprint density at radius 3 is 2.50 bits per heavy atom. The van der Waals surface area contributed by atoms with Crippen LogP contribution in [-0.4, -0.2) is 52.6 Å². The minimum atomic E-state index is -3.01. The normalized spacial score (nSPS) is 12.3. The first-order valence-electron chi connectivity index (χ1n) is 8.80. The van der Waals surface area contributed by atoms with Gasteiger partial charge >= 0.3 is 0 Å². The first kappa shape index (κ1) is 26.8. The third-order valence-electron chi connectivity index (χ3n) is 3.71. The summed E-state index contributed by atoms with van der Waals surface area (Å²) in [5.74, 6) is -0.729. The second-order valence-corrected chi connectivity index (χ2v) is 9.35. The predicted molar refractivity (Wildman–Crippen MR) is 119 cm³/mol. The van der Waals surface area contributed by atoms with Gasteiger partial charge in [0, 0.05) is 25.4 Å². The highest BCUT2D eigenvalue weighted by molar-refractivity contribution is 14.0. The summed E-state index contributed by atoms with van der Waals surface area (Å²) in [5.41, 5.74) is -0.265. The van der Waals surface area contributed by atoms with Crippen LogP contribution >= 0.6 is 24.0 Å². The van der Waals surface area contributed by atoms with Crippen LogP contribution in [0.4, 0.5) is 8.78 Å². The molecule has 0 aliphatic heterocycles. The van der Waals surface area contributed by atoms with Gasteiger partial charge in [-0.05, 0) is 30.9 Å². The third kappa shape index (κ3) is 11.6. The van der Waals surface area contributed by atoms with Crippen LogP contribution in [0.3, 0.4) is 0 Å². The topological polar surface area (TPSA) is 79.8 Å². The summed E-state index contributed by atoms with van der Waals surface area (Å²) in [4.78, 5) is 4.48. The van der Waals surface area contributed by atoms with Crippen molar-refractivity contribution < 1.29 is 21.9 Å². The van der Waals surface area contributed by atoms with Crippen LogP contribution in [-0.2, 0) is 9.84 Å². The Morgan fingerprint density at radius 1 is 1.25 bits per heavy atom. The highest BCUT2D eigenvalue weighted by atomic mass is 127. The zero-order valence-electron chi connectivity index (χ0n) is 16.7. The standard InChI is InChI=1S/C18H29F2N3O3S.HI/c1-5-21-17(23-13-18(2,3)8-11-27(4,24)25)22-9-10-26-16-7-6-14(19)12-15(16)20;/h6-7,12H,5,8-11,13H2,1-4H3,(H2,21,22,23);1H. The second kappa shape index (κ2) is 12.4. The van der Waals surface area contributed by atoms with Gasteiger partial charge in [-0.15, -0.1) is 24.0 Å². The molecule has 0 amide bonds. The lowest BCUT2D eigenvalue weighted by atomic mass is 9.90. The summed E-state index contributed by atoms with van der Waals surface area (Å²) < 4.78 is 54.3. The number of benzene rings is 1. The minimum Gasteiger partial charge on any atom is -0.489 e. The Hall–Kier alpha value is -1.17. The highest BCUT2D eigenvalue weighted by Crippen LogP contribution is 2.21. The summed E-state index contributed by atoms with van der Waals surface area (Å²) in [5, 5.41) is 6.15. The molecule has 0 saturated carbocycles. The molecule has 6 nitrogen and oxygen atoms in total. The van der Waals surface area contributed by atoms with Crippen molar-refractivity contribution in [2.45, 2.75) is 27.2 Å². The molecule has 1 aromatic carbocycles. The number of sulfone groups is 1. The molecular weight excluding hydrogens is 503 g/mol. The van der Waals surface area contributed by atoms with Crippen LogP contribution in [0.1, 0.15) is 27.2 Å². The van der Waals surface area contributed by atoms with Gasteiger partial charge < -0.3 is 15.4 Å². The van der Waals surface area contributed by atoms with Crippen LogP contribution in [0, 0.1) is 17.0 Å². The van der Waals surface area contributed by atoms with Gasteiger partial charge in [-0.2, -0.15) is 0 Å². The molecule has 0 heterocycles. The van der Waals surface area contributed by atoms with Gasteiger partial charge in [0.25, 0.3) is 0 Å². The molecule has 0 spiro atoms. The number of guanidine groups is 1. The SMILES string of the molecule is CCNC(=NCC(C)(C)CCS(C)(=O)=O)NCCOc1ccc(F)cc1F.I. The van der Waals surface area contributed by atoms with E-state index in [0.717, 1.165) is 12.1 Å². The molecule has 0 fully saturated rings. The van der Waals surface area contributed by atoms with Crippen molar-refractivity contribution in [1.82, 2.24) is 10.6 Å². The zero-order chi connectivity index (χ0) is 20.5. The lowest BCUT2D eigenvalue weighted by Gasteiger charge is -2.22. The fourth-order valence-electron chi connectivity index (χ4n) is 2.10. The molecule has 162 valence electrons. The highest BCUT2D eigenvalue weighted by Gasteiger charge is 2.20. The number of hydrogen-bond acceptors (Lipinski definition) is 4. The molecule has 2 N–H and O–H groups in total. The smallest absolute Gasteiger partial charge is 0.191 e. The summed E-state index contributed by atoms with van der Waals surface area (Å²) in [6, 6.07) is 3.15. The molecule has 1 aromatic rings. The van der Waals surface area contributed by atoms with Crippen LogP contribution < -0.4 is 15.4 Å². The predicted octanol–water partition coefficient (Wildman–Crippen LogP) is 2.98. The van der Waals surface area contributed by atoms with E-state index in [-0.39, 0.29) is 47.5 Å². The Bertz CT molecular complexity index is 744. The van der Waals surface area contributed by atoms with E-state index in [1.54, 1.807) is 0 Å². The van der Waals surface area contributed by atoms with Gasteiger partial charge in [0.1, 0.15) is 22.3 Å². The van der Waals surface area contributed by atoms with Crippen LogP contribution in [0.2, 0.25) is 0 Å². The zero-order valence-corrected chi connectivity index (χ0v) is 19.9. The second-order valence-electron chi connectivity index (χ2n) is 7.09. The van der Waals surface area contributed by atoms with E-state index in [2.05, 4.69) is 15.6 Å². The molecule has 0 aromatic heterocycles. The molecular formula is C18H30F2IN3O3S. The molecule has 0 aliphatic carbocycles. The van der Waals surface area contributed by atoms with Gasteiger partial charge in [0.15, 0.2) is 17.5 Å². The number of hydrogen-bond donors (Lipinski definition) is 2. The van der Waals surface area contributed by atoms with Crippen molar-refractivity contribution in [2.24, 2.45) is 10.4 Å². The Labute approximate surface area is 183 Å². The van der Waals surface area contributed by atoms with Crippen molar-refractivity contribution in [3.63, 3.8) is 0 Å². The Morgan fingerprint density at radius 2 is 1.93 bits per heavy atom. The summed E-state index contributed by atoms with van der Waals surface area (Å²) in [6.45, 7) is 7.50. The summed E-state index contributed by atoms with van der Waals surface area (Å²) in [6.07, 6.45) is 1.74. The fraction of sp³-hybridized carbons (Fsp3) is 0.611. The molecule has 0 atom stereocenters. The fourth-order valence-corrected chi connectivity index (χ4v) is 3.02. The van der Waals surface area contributed by atoms with Gasteiger partial charge in [-0.1, -0.05) is 13.8 Å². The molecule has 10 heteroatoms. The molecule has 0 saturated heterocycles. The van der Waals surface area contributed by atoms with Crippen molar-refractivity contribution >= 4 is 39.8 Å².